The van der Waals surface area contributed by atoms with E-state index in [-0.39, 0.29) is 11.8 Å². The lowest BCUT2D eigenvalue weighted by atomic mass is 10.2. The van der Waals surface area contributed by atoms with Gasteiger partial charge in [-0.3, -0.25) is 14.5 Å². The maximum atomic E-state index is 12.1. The fraction of sp³-hybridized carbons (Fsp3) is 0.125. The summed E-state index contributed by atoms with van der Waals surface area (Å²) in [7, 11) is 0. The van der Waals surface area contributed by atoms with Gasteiger partial charge in [0.05, 0.1) is 17.1 Å². The first-order valence-corrected chi connectivity index (χ1v) is 7.22. The summed E-state index contributed by atoms with van der Waals surface area (Å²) in [5.41, 5.74) is 1.95. The monoisotopic (exact) mass is 346 g/mol. The minimum Gasteiger partial charge on any atom is -0.325 e. The van der Waals surface area contributed by atoms with Gasteiger partial charge in [-0.15, -0.1) is 0 Å². The molecule has 1 N–H and O–H groups in total. The molecule has 0 atom stereocenters. The summed E-state index contributed by atoms with van der Waals surface area (Å²) >= 11 is 3.46. The molecule has 0 saturated heterocycles. The Balaban J connectivity index is 2.57. The van der Waals surface area contributed by atoms with Gasteiger partial charge in [0.2, 0.25) is 11.8 Å². The van der Waals surface area contributed by atoms with Crippen LogP contribution in [0.15, 0.2) is 53.0 Å². The van der Waals surface area contributed by atoms with Gasteiger partial charge in [0.15, 0.2) is 0 Å². The number of nitrogens with zero attached hydrogens (tertiary/aromatic N) is 1. The Labute approximate surface area is 131 Å². The van der Waals surface area contributed by atoms with Crippen LogP contribution in [0.1, 0.15) is 13.8 Å². The van der Waals surface area contributed by atoms with Crippen molar-refractivity contribution in [2.45, 2.75) is 13.8 Å². The number of hydrogen-bond donors (Lipinski definition) is 1. The molecule has 5 heteroatoms. The molecule has 0 saturated carbocycles. The van der Waals surface area contributed by atoms with Crippen LogP contribution in [-0.2, 0) is 9.59 Å². The van der Waals surface area contributed by atoms with E-state index in [0.717, 1.165) is 10.2 Å². The van der Waals surface area contributed by atoms with Crippen molar-refractivity contribution in [1.82, 2.24) is 0 Å². The molecule has 0 aliphatic carbocycles. The SMILES string of the molecule is CC(=O)Nc1ccccc1N(C(C)=O)c1ccccc1Br. The maximum Gasteiger partial charge on any atom is 0.228 e. The predicted molar refractivity (Wildman–Crippen MR) is 87.7 cm³/mol. The van der Waals surface area contributed by atoms with Gasteiger partial charge in [-0.1, -0.05) is 24.3 Å². The Morgan fingerprint density at radius 3 is 2.10 bits per heavy atom. The Kier molecular flexibility index (Phi) is 4.75. The number of anilines is 3. The number of nitrogens with one attached hydrogen (secondary N) is 1. The number of halogens is 1. The lowest BCUT2D eigenvalue weighted by molar-refractivity contribution is -0.116. The molecule has 0 aliphatic rings. The average Bonchev–Trinajstić information content (AvgIpc) is 2.42. The molecule has 0 spiro atoms. The topological polar surface area (TPSA) is 49.4 Å². The van der Waals surface area contributed by atoms with E-state index in [0.29, 0.717) is 11.4 Å². The summed E-state index contributed by atoms with van der Waals surface area (Å²) in [6.07, 6.45) is 0. The minimum atomic E-state index is -0.182. The van der Waals surface area contributed by atoms with E-state index in [4.69, 9.17) is 0 Å². The molecule has 108 valence electrons. The number of carbonyl (C=O) groups excluding carboxylic acids is 2. The molecular formula is C16H15BrN2O2. The summed E-state index contributed by atoms with van der Waals surface area (Å²) in [5.74, 6) is -0.321. The van der Waals surface area contributed by atoms with Gasteiger partial charge in [0.25, 0.3) is 0 Å². The van der Waals surface area contributed by atoms with Crippen LogP contribution in [0.4, 0.5) is 17.1 Å². The number of carbonyl (C=O) groups is 2. The molecule has 0 aliphatic heterocycles. The van der Waals surface area contributed by atoms with Gasteiger partial charge in [-0.2, -0.15) is 0 Å². The molecule has 0 radical (unpaired) electrons. The molecule has 0 heterocycles. The second-order valence-electron chi connectivity index (χ2n) is 4.50. The zero-order chi connectivity index (χ0) is 15.4. The number of amides is 2. The first-order chi connectivity index (χ1) is 10.0. The summed E-state index contributed by atoms with van der Waals surface area (Å²) in [6, 6.07) is 14.7. The molecule has 0 fully saturated rings. The highest BCUT2D eigenvalue weighted by atomic mass is 79.9. The van der Waals surface area contributed by atoms with E-state index in [2.05, 4.69) is 21.2 Å². The van der Waals surface area contributed by atoms with Crippen LogP contribution >= 0.6 is 15.9 Å². The average molecular weight is 347 g/mol. The molecule has 2 aromatic carbocycles. The normalized spacial score (nSPS) is 10.0. The van der Waals surface area contributed by atoms with Crippen LogP contribution in [0.25, 0.3) is 0 Å². The Hall–Kier alpha value is -2.14. The van der Waals surface area contributed by atoms with Crippen LogP contribution in [0.2, 0.25) is 0 Å². The Morgan fingerprint density at radius 2 is 1.52 bits per heavy atom. The third-order valence-electron chi connectivity index (χ3n) is 2.86. The first-order valence-electron chi connectivity index (χ1n) is 6.42. The fourth-order valence-electron chi connectivity index (χ4n) is 2.07. The van der Waals surface area contributed by atoms with Crippen molar-refractivity contribution < 1.29 is 9.59 Å². The zero-order valence-corrected chi connectivity index (χ0v) is 13.3. The van der Waals surface area contributed by atoms with Gasteiger partial charge in [0.1, 0.15) is 0 Å². The quantitative estimate of drug-likeness (QED) is 0.909. The van der Waals surface area contributed by atoms with Gasteiger partial charge in [0, 0.05) is 18.3 Å². The maximum absolute atomic E-state index is 12.1. The van der Waals surface area contributed by atoms with E-state index in [9.17, 15) is 9.59 Å². The van der Waals surface area contributed by atoms with E-state index >= 15 is 0 Å². The Bertz CT molecular complexity index is 685. The molecule has 4 nitrogen and oxygen atoms in total. The van der Waals surface area contributed by atoms with Gasteiger partial charge < -0.3 is 5.32 Å². The van der Waals surface area contributed by atoms with E-state index < -0.39 is 0 Å². The summed E-state index contributed by atoms with van der Waals surface area (Å²) in [6.45, 7) is 2.93. The molecule has 2 amide bonds. The fourth-order valence-corrected chi connectivity index (χ4v) is 2.53. The van der Waals surface area contributed by atoms with Crippen LogP contribution in [-0.4, -0.2) is 11.8 Å². The number of benzene rings is 2. The van der Waals surface area contributed by atoms with Crippen LogP contribution in [0.3, 0.4) is 0 Å². The second-order valence-corrected chi connectivity index (χ2v) is 5.36. The van der Waals surface area contributed by atoms with Crippen molar-refractivity contribution >= 4 is 44.8 Å². The molecule has 0 bridgehead atoms. The third-order valence-corrected chi connectivity index (χ3v) is 3.53. The molecule has 2 rings (SSSR count). The van der Waals surface area contributed by atoms with E-state index in [1.54, 1.807) is 17.0 Å². The molecule has 21 heavy (non-hydrogen) atoms. The zero-order valence-electron chi connectivity index (χ0n) is 11.8. The lowest BCUT2D eigenvalue weighted by Crippen LogP contribution is -2.24. The minimum absolute atomic E-state index is 0.139. The third kappa shape index (κ3) is 3.49. The van der Waals surface area contributed by atoms with Crippen molar-refractivity contribution in [2.24, 2.45) is 0 Å². The molecule has 0 unspecified atom stereocenters. The summed E-state index contributed by atoms with van der Waals surface area (Å²) < 4.78 is 0.804. The first kappa shape index (κ1) is 15.3. The number of rotatable bonds is 3. The van der Waals surface area contributed by atoms with Crippen molar-refractivity contribution in [2.75, 3.05) is 10.2 Å². The highest BCUT2D eigenvalue weighted by Gasteiger charge is 2.19. The lowest BCUT2D eigenvalue weighted by Gasteiger charge is -2.25. The van der Waals surface area contributed by atoms with Crippen LogP contribution in [0.5, 0.6) is 0 Å². The van der Waals surface area contributed by atoms with Crippen molar-refractivity contribution in [1.29, 1.82) is 0 Å². The van der Waals surface area contributed by atoms with E-state index in [1.165, 1.54) is 13.8 Å². The standard InChI is InChI=1S/C16H15BrN2O2/c1-11(20)18-14-8-4-6-10-16(14)19(12(2)21)15-9-5-3-7-13(15)17/h3-10H,1-2H3,(H,18,20). The van der Waals surface area contributed by atoms with Crippen molar-refractivity contribution in [3.8, 4) is 0 Å². The van der Waals surface area contributed by atoms with Crippen molar-refractivity contribution in [3.63, 3.8) is 0 Å². The largest absolute Gasteiger partial charge is 0.325 e. The second kappa shape index (κ2) is 6.54. The highest BCUT2D eigenvalue weighted by Crippen LogP contribution is 2.36. The van der Waals surface area contributed by atoms with Gasteiger partial charge >= 0.3 is 0 Å². The van der Waals surface area contributed by atoms with Crippen LogP contribution in [0, 0.1) is 0 Å². The van der Waals surface area contributed by atoms with Crippen LogP contribution < -0.4 is 10.2 Å². The smallest absolute Gasteiger partial charge is 0.228 e. The van der Waals surface area contributed by atoms with Gasteiger partial charge in [-0.05, 0) is 40.2 Å². The van der Waals surface area contributed by atoms with E-state index in [1.807, 2.05) is 36.4 Å². The number of hydrogen-bond acceptors (Lipinski definition) is 2. The van der Waals surface area contributed by atoms with Crippen molar-refractivity contribution in [3.05, 3.63) is 53.0 Å². The number of para-hydroxylation sites is 3. The van der Waals surface area contributed by atoms with Gasteiger partial charge in [-0.25, -0.2) is 0 Å². The Morgan fingerprint density at radius 1 is 0.952 bits per heavy atom. The summed E-state index contributed by atoms with van der Waals surface area (Å²) in [5, 5.41) is 2.75. The predicted octanol–water partition coefficient (Wildman–Crippen LogP) is 4.09. The molecule has 0 aromatic heterocycles. The highest BCUT2D eigenvalue weighted by molar-refractivity contribution is 9.10. The summed E-state index contributed by atoms with van der Waals surface area (Å²) in [4.78, 5) is 25.0. The molecule has 2 aromatic rings. The molecular weight excluding hydrogens is 332 g/mol.